The summed E-state index contributed by atoms with van der Waals surface area (Å²) in [5.74, 6) is 0.750. The minimum atomic E-state index is 0.750. The summed E-state index contributed by atoms with van der Waals surface area (Å²) in [7, 11) is 0. The van der Waals surface area contributed by atoms with Crippen LogP contribution in [-0.2, 0) is 0 Å². The number of aryl methyl sites for hydroxylation is 2. The van der Waals surface area contributed by atoms with Gasteiger partial charge in [0.15, 0.2) is 5.76 Å². The van der Waals surface area contributed by atoms with Gasteiger partial charge >= 0.3 is 0 Å². The van der Waals surface area contributed by atoms with E-state index in [1.165, 1.54) is 16.9 Å². The lowest BCUT2D eigenvalue weighted by molar-refractivity contribution is 0.575. The van der Waals surface area contributed by atoms with Crippen molar-refractivity contribution in [1.29, 1.82) is 0 Å². The van der Waals surface area contributed by atoms with Gasteiger partial charge in [0.1, 0.15) is 5.69 Å². The van der Waals surface area contributed by atoms with Crippen LogP contribution in [0, 0.1) is 13.8 Å². The highest BCUT2D eigenvalue weighted by atomic mass is 32.1. The van der Waals surface area contributed by atoms with Crippen LogP contribution in [0.5, 0.6) is 0 Å². The highest BCUT2D eigenvalue weighted by Crippen LogP contribution is 2.23. The highest BCUT2D eigenvalue weighted by molar-refractivity contribution is 7.07. The molecule has 6 heteroatoms. The molecule has 0 unspecified atom stereocenters. The summed E-state index contributed by atoms with van der Waals surface area (Å²) < 4.78 is 7.38. The van der Waals surface area contributed by atoms with Gasteiger partial charge in [0.05, 0.1) is 18.2 Å². The second-order valence-corrected chi connectivity index (χ2v) is 6.96. The van der Waals surface area contributed by atoms with Gasteiger partial charge in [0.2, 0.25) is 4.80 Å². The summed E-state index contributed by atoms with van der Waals surface area (Å²) in [5, 5.41) is 6.66. The molecular formula is C21H18N4OS. The Morgan fingerprint density at radius 2 is 1.96 bits per heavy atom. The number of thiazole rings is 1. The van der Waals surface area contributed by atoms with Crippen LogP contribution in [0.4, 0.5) is 5.69 Å². The molecule has 5 nitrogen and oxygen atoms in total. The third-order valence-corrected chi connectivity index (χ3v) is 4.87. The zero-order valence-corrected chi connectivity index (χ0v) is 15.9. The van der Waals surface area contributed by atoms with Gasteiger partial charge in [-0.1, -0.05) is 17.7 Å². The van der Waals surface area contributed by atoms with Crippen molar-refractivity contribution in [3.05, 3.63) is 88.0 Å². The van der Waals surface area contributed by atoms with Crippen LogP contribution in [0.2, 0.25) is 0 Å². The number of benzene rings is 1. The predicted molar refractivity (Wildman–Crippen MR) is 108 cm³/mol. The number of hydrogen-bond donors (Lipinski definition) is 0. The zero-order valence-electron chi connectivity index (χ0n) is 15.0. The van der Waals surface area contributed by atoms with Crippen molar-refractivity contribution in [1.82, 2.24) is 9.66 Å². The first-order valence-electron chi connectivity index (χ1n) is 8.51. The number of hydrogen-bond acceptors (Lipinski definition) is 5. The summed E-state index contributed by atoms with van der Waals surface area (Å²) in [5.41, 5.74) is 5.11. The first kappa shape index (κ1) is 17.2. The van der Waals surface area contributed by atoms with Gasteiger partial charge in [-0.3, -0.25) is 4.98 Å². The Morgan fingerprint density at radius 3 is 2.70 bits per heavy atom. The van der Waals surface area contributed by atoms with Crippen LogP contribution in [-0.4, -0.2) is 15.9 Å². The Hall–Kier alpha value is -3.25. The Morgan fingerprint density at radius 1 is 1.11 bits per heavy atom. The van der Waals surface area contributed by atoms with Crippen molar-refractivity contribution >= 4 is 23.2 Å². The molecule has 134 valence electrons. The van der Waals surface area contributed by atoms with E-state index in [-0.39, 0.29) is 0 Å². The van der Waals surface area contributed by atoms with Crippen molar-refractivity contribution in [3.8, 4) is 11.5 Å². The Labute approximate surface area is 161 Å². The van der Waals surface area contributed by atoms with E-state index in [9.17, 15) is 0 Å². The van der Waals surface area contributed by atoms with Crippen LogP contribution in [0.1, 0.15) is 16.7 Å². The molecule has 0 atom stereocenters. The Balaban J connectivity index is 1.84. The van der Waals surface area contributed by atoms with Crippen molar-refractivity contribution < 1.29 is 4.42 Å². The lowest BCUT2D eigenvalue weighted by Crippen LogP contribution is -2.11. The van der Waals surface area contributed by atoms with Gasteiger partial charge < -0.3 is 4.42 Å². The van der Waals surface area contributed by atoms with Crippen LogP contribution in [0.15, 0.2) is 81.0 Å². The summed E-state index contributed by atoms with van der Waals surface area (Å²) in [6.07, 6.45) is 6.94. The minimum absolute atomic E-state index is 0.750. The Kier molecular flexibility index (Phi) is 4.80. The lowest BCUT2D eigenvalue weighted by Gasteiger charge is -2.03. The molecule has 0 spiro atoms. The minimum Gasteiger partial charge on any atom is -0.463 e. The zero-order chi connectivity index (χ0) is 18.6. The second kappa shape index (κ2) is 7.55. The van der Waals surface area contributed by atoms with Gasteiger partial charge in [0, 0.05) is 17.8 Å². The maximum Gasteiger partial charge on any atom is 0.211 e. The topological polar surface area (TPSA) is 55.7 Å². The molecule has 0 aliphatic carbocycles. The maximum atomic E-state index is 5.58. The number of furan rings is 1. The van der Waals surface area contributed by atoms with E-state index < -0.39 is 0 Å². The van der Waals surface area contributed by atoms with Gasteiger partial charge in [0.25, 0.3) is 0 Å². The first-order chi connectivity index (χ1) is 13.2. The van der Waals surface area contributed by atoms with Crippen molar-refractivity contribution in [2.24, 2.45) is 10.1 Å². The molecule has 0 saturated heterocycles. The largest absolute Gasteiger partial charge is 0.463 e. The smallest absolute Gasteiger partial charge is 0.211 e. The highest BCUT2D eigenvalue weighted by Gasteiger charge is 2.10. The second-order valence-electron chi connectivity index (χ2n) is 6.12. The number of nitrogens with zero attached hydrogens (tertiary/aromatic N) is 4. The van der Waals surface area contributed by atoms with Gasteiger partial charge in [-0.25, -0.2) is 9.67 Å². The standard InChI is InChI=1S/C21H18N4OS/c1-15-5-6-18(16(2)12-15)24-21-25(23-13-17-7-9-22-10-8-17)19(14-27-21)20-4-3-11-26-20/h3-14H,1-2H3/b23-13+,24-21?. The number of pyridine rings is 1. The molecular weight excluding hydrogens is 356 g/mol. The van der Waals surface area contributed by atoms with Crippen LogP contribution < -0.4 is 4.80 Å². The van der Waals surface area contributed by atoms with Crippen LogP contribution in [0.3, 0.4) is 0 Å². The Bertz CT molecular complexity index is 1140. The third-order valence-electron chi connectivity index (χ3n) is 4.06. The predicted octanol–water partition coefficient (Wildman–Crippen LogP) is 4.94. The van der Waals surface area contributed by atoms with Crippen LogP contribution in [0.25, 0.3) is 11.5 Å². The molecule has 1 aromatic carbocycles. The molecule has 27 heavy (non-hydrogen) atoms. The maximum absolute atomic E-state index is 5.58. The SMILES string of the molecule is Cc1ccc(N=c2scc(-c3ccco3)n2/N=C/c2ccncc2)c(C)c1. The van der Waals surface area contributed by atoms with Crippen molar-refractivity contribution in [3.63, 3.8) is 0 Å². The monoisotopic (exact) mass is 374 g/mol. The number of aromatic nitrogens is 2. The molecule has 0 radical (unpaired) electrons. The van der Waals surface area contributed by atoms with Gasteiger partial charge in [-0.15, -0.1) is 11.3 Å². The summed E-state index contributed by atoms with van der Waals surface area (Å²) >= 11 is 1.53. The molecule has 0 fully saturated rings. The number of rotatable bonds is 4. The fourth-order valence-electron chi connectivity index (χ4n) is 2.69. The van der Waals surface area contributed by atoms with Gasteiger partial charge in [-0.2, -0.15) is 5.10 Å². The van der Waals surface area contributed by atoms with E-state index in [1.807, 2.05) is 40.4 Å². The van der Waals surface area contributed by atoms with E-state index in [0.29, 0.717) is 0 Å². The van der Waals surface area contributed by atoms with E-state index in [0.717, 1.165) is 33.1 Å². The molecule has 0 aliphatic rings. The van der Waals surface area contributed by atoms with Gasteiger partial charge in [-0.05, 0) is 55.3 Å². The molecule has 0 N–H and O–H groups in total. The van der Waals surface area contributed by atoms with Crippen molar-refractivity contribution in [2.45, 2.75) is 13.8 Å². The van der Waals surface area contributed by atoms with Crippen molar-refractivity contribution in [2.75, 3.05) is 0 Å². The summed E-state index contributed by atoms with van der Waals surface area (Å²) in [6, 6.07) is 13.8. The summed E-state index contributed by atoms with van der Waals surface area (Å²) in [4.78, 5) is 9.65. The summed E-state index contributed by atoms with van der Waals surface area (Å²) in [6.45, 7) is 4.15. The van der Waals surface area contributed by atoms with E-state index in [2.05, 4.69) is 36.1 Å². The van der Waals surface area contributed by atoms with Crippen LogP contribution >= 0.6 is 11.3 Å². The lowest BCUT2D eigenvalue weighted by atomic mass is 10.1. The molecule has 4 rings (SSSR count). The van der Waals surface area contributed by atoms with E-state index in [1.54, 1.807) is 24.9 Å². The normalized spacial score (nSPS) is 12.1. The van der Waals surface area contributed by atoms with E-state index in [4.69, 9.17) is 9.41 Å². The average Bonchev–Trinajstić information content (AvgIpc) is 3.33. The average molecular weight is 374 g/mol. The molecule has 3 aromatic heterocycles. The molecule has 3 heterocycles. The molecule has 0 bridgehead atoms. The molecule has 0 saturated carbocycles. The molecule has 0 amide bonds. The first-order valence-corrected chi connectivity index (χ1v) is 9.39. The molecule has 0 aliphatic heterocycles. The van der Waals surface area contributed by atoms with E-state index >= 15 is 0 Å². The fourth-order valence-corrected chi connectivity index (χ4v) is 3.52. The quantitative estimate of drug-likeness (QED) is 0.475. The third kappa shape index (κ3) is 3.80. The fraction of sp³-hybridized carbons (Fsp3) is 0.0952. The molecule has 4 aromatic rings.